The smallest absolute Gasteiger partial charge is 0.238 e. The summed E-state index contributed by atoms with van der Waals surface area (Å²) in [5.74, 6) is -0.359. The van der Waals surface area contributed by atoms with E-state index in [2.05, 4.69) is 10.6 Å². The van der Waals surface area contributed by atoms with Crippen molar-refractivity contribution in [2.24, 2.45) is 0 Å². The number of halogens is 2. The Hall–Kier alpha value is -2.08. The number of carbonyl (C=O) groups excluding carboxylic acids is 2. The predicted octanol–water partition coefficient (Wildman–Crippen LogP) is 4.36. The van der Waals surface area contributed by atoms with Crippen LogP contribution in [0, 0.1) is 13.8 Å². The number of carbonyl (C=O) groups is 2. The summed E-state index contributed by atoms with van der Waals surface area (Å²) in [6, 6.07) is 10.7. The molecule has 0 spiro atoms. The fourth-order valence-corrected chi connectivity index (χ4v) is 3.53. The van der Waals surface area contributed by atoms with Crippen molar-refractivity contribution >= 4 is 40.7 Å². The van der Waals surface area contributed by atoms with Crippen LogP contribution in [0.1, 0.15) is 29.7 Å². The summed E-state index contributed by atoms with van der Waals surface area (Å²) >= 11 is 12.1. The Morgan fingerprint density at radius 2 is 1.64 bits per heavy atom. The predicted molar refractivity (Wildman–Crippen MR) is 115 cm³/mol. The lowest BCUT2D eigenvalue weighted by Crippen LogP contribution is -2.39. The molecule has 0 fully saturated rings. The zero-order valence-corrected chi connectivity index (χ0v) is 18.0. The number of aryl methyl sites for hydroxylation is 2. The van der Waals surface area contributed by atoms with Gasteiger partial charge in [0.25, 0.3) is 0 Å². The molecule has 0 heterocycles. The van der Waals surface area contributed by atoms with Crippen LogP contribution in [-0.2, 0) is 9.59 Å². The second-order valence-corrected chi connectivity index (χ2v) is 7.79. The van der Waals surface area contributed by atoms with Crippen molar-refractivity contribution in [2.75, 3.05) is 25.5 Å². The number of para-hydroxylation sites is 1. The van der Waals surface area contributed by atoms with E-state index >= 15 is 0 Å². The highest BCUT2D eigenvalue weighted by Gasteiger charge is 2.16. The average molecular weight is 422 g/mol. The van der Waals surface area contributed by atoms with E-state index in [1.807, 2.05) is 39.0 Å². The Labute approximate surface area is 176 Å². The van der Waals surface area contributed by atoms with Gasteiger partial charge in [-0.15, -0.1) is 0 Å². The number of rotatable bonds is 7. The molecule has 28 heavy (non-hydrogen) atoms. The topological polar surface area (TPSA) is 61.4 Å². The molecule has 2 aromatic carbocycles. The molecule has 2 rings (SSSR count). The van der Waals surface area contributed by atoms with Crippen molar-refractivity contribution in [1.82, 2.24) is 10.2 Å². The monoisotopic (exact) mass is 421 g/mol. The van der Waals surface area contributed by atoms with E-state index < -0.39 is 0 Å². The number of nitrogens with zero attached hydrogens (tertiary/aromatic N) is 1. The maximum absolute atomic E-state index is 12.3. The minimum Gasteiger partial charge on any atom is -0.348 e. The highest BCUT2D eigenvalue weighted by Crippen LogP contribution is 2.26. The summed E-state index contributed by atoms with van der Waals surface area (Å²) in [5.41, 5.74) is 3.61. The van der Waals surface area contributed by atoms with Crippen LogP contribution < -0.4 is 10.6 Å². The van der Waals surface area contributed by atoms with E-state index in [1.165, 1.54) is 0 Å². The SMILES string of the molecule is Cc1cccc(C)c1NC(=O)CN(C)CC(=O)N[C@H](C)c1ccc(Cl)cc1Cl. The molecular formula is C21H25Cl2N3O2. The minimum atomic E-state index is -0.269. The molecule has 2 N–H and O–H groups in total. The van der Waals surface area contributed by atoms with E-state index in [4.69, 9.17) is 23.2 Å². The molecule has 5 nitrogen and oxygen atoms in total. The van der Waals surface area contributed by atoms with Gasteiger partial charge in [-0.2, -0.15) is 0 Å². The number of hydrogen-bond acceptors (Lipinski definition) is 3. The van der Waals surface area contributed by atoms with Crippen LogP contribution >= 0.6 is 23.2 Å². The van der Waals surface area contributed by atoms with Crippen LogP contribution in [0.25, 0.3) is 0 Å². The molecule has 0 aliphatic heterocycles. The Balaban J connectivity index is 1.87. The second kappa shape index (κ2) is 9.92. The molecule has 2 aromatic rings. The number of amides is 2. The molecule has 0 bridgehead atoms. The van der Waals surface area contributed by atoms with Gasteiger partial charge in [-0.1, -0.05) is 47.5 Å². The first kappa shape index (κ1) is 22.2. The fraction of sp³-hybridized carbons (Fsp3) is 0.333. The molecule has 1 atom stereocenters. The molecule has 7 heteroatoms. The number of likely N-dealkylation sites (N-methyl/N-ethyl adjacent to an activating group) is 1. The van der Waals surface area contributed by atoms with Crippen LogP contribution in [0.4, 0.5) is 5.69 Å². The van der Waals surface area contributed by atoms with Crippen LogP contribution in [0.2, 0.25) is 10.0 Å². The Morgan fingerprint density at radius 3 is 2.25 bits per heavy atom. The zero-order chi connectivity index (χ0) is 20.8. The molecule has 0 saturated carbocycles. The average Bonchev–Trinajstić information content (AvgIpc) is 2.57. The number of anilines is 1. The number of benzene rings is 2. The molecule has 0 aliphatic carbocycles. The highest BCUT2D eigenvalue weighted by molar-refractivity contribution is 6.35. The lowest BCUT2D eigenvalue weighted by atomic mass is 10.1. The van der Waals surface area contributed by atoms with Crippen molar-refractivity contribution in [3.63, 3.8) is 0 Å². The normalized spacial score (nSPS) is 12.0. The first-order valence-corrected chi connectivity index (χ1v) is 9.72. The summed E-state index contributed by atoms with van der Waals surface area (Å²) in [6.45, 7) is 5.94. The summed E-state index contributed by atoms with van der Waals surface area (Å²) < 4.78 is 0. The Bertz CT molecular complexity index is 850. The molecule has 2 amide bonds. The maximum Gasteiger partial charge on any atom is 0.238 e. The van der Waals surface area contributed by atoms with Gasteiger partial charge < -0.3 is 10.6 Å². The third kappa shape index (κ3) is 6.23. The molecule has 0 aliphatic rings. The molecule has 0 unspecified atom stereocenters. The van der Waals surface area contributed by atoms with Crippen LogP contribution in [-0.4, -0.2) is 36.9 Å². The van der Waals surface area contributed by atoms with E-state index in [0.717, 1.165) is 22.4 Å². The second-order valence-electron chi connectivity index (χ2n) is 6.94. The zero-order valence-electron chi connectivity index (χ0n) is 16.5. The van der Waals surface area contributed by atoms with Gasteiger partial charge in [0.1, 0.15) is 0 Å². The van der Waals surface area contributed by atoms with E-state index in [9.17, 15) is 9.59 Å². The lowest BCUT2D eigenvalue weighted by Gasteiger charge is -2.20. The van der Waals surface area contributed by atoms with E-state index in [0.29, 0.717) is 10.0 Å². The minimum absolute atomic E-state index is 0.0930. The van der Waals surface area contributed by atoms with Crippen LogP contribution in [0.3, 0.4) is 0 Å². The van der Waals surface area contributed by atoms with Gasteiger partial charge in [0.05, 0.1) is 19.1 Å². The Kier molecular flexibility index (Phi) is 7.87. The van der Waals surface area contributed by atoms with Crippen molar-refractivity contribution in [2.45, 2.75) is 26.8 Å². The first-order valence-electron chi connectivity index (χ1n) is 8.96. The Morgan fingerprint density at radius 1 is 1.04 bits per heavy atom. The van der Waals surface area contributed by atoms with Crippen molar-refractivity contribution in [3.8, 4) is 0 Å². The van der Waals surface area contributed by atoms with E-state index in [1.54, 1.807) is 30.1 Å². The van der Waals surface area contributed by atoms with Gasteiger partial charge in [-0.25, -0.2) is 0 Å². The van der Waals surface area contributed by atoms with Gasteiger partial charge in [0, 0.05) is 15.7 Å². The first-order chi connectivity index (χ1) is 13.2. The van der Waals surface area contributed by atoms with Gasteiger partial charge in [0.2, 0.25) is 11.8 Å². The summed E-state index contributed by atoms with van der Waals surface area (Å²) in [7, 11) is 1.73. The molecule has 0 radical (unpaired) electrons. The number of nitrogens with one attached hydrogen (secondary N) is 2. The molecule has 0 saturated heterocycles. The van der Waals surface area contributed by atoms with Gasteiger partial charge >= 0.3 is 0 Å². The number of hydrogen-bond donors (Lipinski definition) is 2. The third-order valence-electron chi connectivity index (χ3n) is 4.38. The molecular weight excluding hydrogens is 397 g/mol. The highest BCUT2D eigenvalue weighted by atomic mass is 35.5. The van der Waals surface area contributed by atoms with Crippen LogP contribution in [0.5, 0.6) is 0 Å². The van der Waals surface area contributed by atoms with Crippen molar-refractivity contribution in [1.29, 1.82) is 0 Å². The fourth-order valence-electron chi connectivity index (χ4n) is 2.95. The molecule has 150 valence electrons. The van der Waals surface area contributed by atoms with Gasteiger partial charge in [-0.3, -0.25) is 14.5 Å². The summed E-state index contributed by atoms with van der Waals surface area (Å²) in [4.78, 5) is 26.3. The van der Waals surface area contributed by atoms with Gasteiger partial charge in [-0.05, 0) is 56.6 Å². The third-order valence-corrected chi connectivity index (χ3v) is 4.94. The van der Waals surface area contributed by atoms with Crippen molar-refractivity contribution < 1.29 is 9.59 Å². The lowest BCUT2D eigenvalue weighted by molar-refractivity contribution is -0.123. The quantitative estimate of drug-likeness (QED) is 0.697. The maximum atomic E-state index is 12.3. The largest absolute Gasteiger partial charge is 0.348 e. The summed E-state index contributed by atoms with van der Waals surface area (Å²) in [6.07, 6.45) is 0. The van der Waals surface area contributed by atoms with Crippen molar-refractivity contribution in [3.05, 3.63) is 63.1 Å². The van der Waals surface area contributed by atoms with Crippen LogP contribution in [0.15, 0.2) is 36.4 Å². The molecule has 0 aromatic heterocycles. The standard InChI is InChI=1S/C21H25Cl2N3O2/c1-13-6-5-7-14(2)21(13)25-20(28)12-26(4)11-19(27)24-15(3)17-9-8-16(22)10-18(17)23/h5-10,15H,11-12H2,1-4H3,(H,24,27)(H,25,28)/t15-/m1/s1. The van der Waals surface area contributed by atoms with Gasteiger partial charge in [0.15, 0.2) is 0 Å². The summed E-state index contributed by atoms with van der Waals surface area (Å²) in [5, 5.41) is 6.85. The van der Waals surface area contributed by atoms with E-state index in [-0.39, 0.29) is 30.9 Å².